The van der Waals surface area contributed by atoms with Crippen LogP contribution in [-0.2, 0) is 25.6 Å². The van der Waals surface area contributed by atoms with Gasteiger partial charge >= 0.3 is 5.97 Å². The Morgan fingerprint density at radius 1 is 1.04 bits per heavy atom. The van der Waals surface area contributed by atoms with Crippen LogP contribution in [0.5, 0.6) is 0 Å². The molecule has 1 fully saturated rings. The van der Waals surface area contributed by atoms with E-state index in [0.717, 1.165) is 11.1 Å². The summed E-state index contributed by atoms with van der Waals surface area (Å²) < 4.78 is 0. The minimum atomic E-state index is -0.664. The fourth-order valence-electron chi connectivity index (χ4n) is 2.54. The van der Waals surface area contributed by atoms with Gasteiger partial charge in [0.15, 0.2) is 0 Å². The number of nitriles is 1. The maximum Gasteiger partial charge on any atom is 0.337 e. The Hall–Kier alpha value is -3.46. The lowest BCUT2D eigenvalue weighted by atomic mass is 10.0. The van der Waals surface area contributed by atoms with Crippen LogP contribution in [0.2, 0.25) is 0 Å². The Morgan fingerprint density at radius 2 is 1.72 bits per heavy atom. The summed E-state index contributed by atoms with van der Waals surface area (Å²) >= 11 is 0. The van der Waals surface area contributed by atoms with Gasteiger partial charge in [-0.1, -0.05) is 36.4 Å². The summed E-state index contributed by atoms with van der Waals surface area (Å²) in [5.41, 5.74) is 3.09. The van der Waals surface area contributed by atoms with E-state index in [-0.39, 0.29) is 19.3 Å². The summed E-state index contributed by atoms with van der Waals surface area (Å²) in [6.45, 7) is 0. The summed E-state index contributed by atoms with van der Waals surface area (Å²) in [5.74, 6) is -1.65. The number of benzene rings is 2. The van der Waals surface area contributed by atoms with Gasteiger partial charge in [0.25, 0.3) is 11.8 Å². The fraction of sp³-hybridized carbons (Fsp3) is 0.158. The highest BCUT2D eigenvalue weighted by molar-refractivity contribution is 6.01. The molecule has 2 amide bonds. The van der Waals surface area contributed by atoms with Crippen LogP contribution in [0.4, 0.5) is 0 Å². The van der Waals surface area contributed by atoms with Crippen LogP contribution in [0.1, 0.15) is 24.0 Å². The number of carbonyl (C=O) groups is 3. The van der Waals surface area contributed by atoms with E-state index >= 15 is 0 Å². The zero-order chi connectivity index (χ0) is 17.8. The van der Waals surface area contributed by atoms with E-state index in [1.807, 2.05) is 24.3 Å². The van der Waals surface area contributed by atoms with Crippen molar-refractivity contribution in [2.24, 2.45) is 0 Å². The number of carbonyl (C=O) groups excluding carboxylic acids is 3. The van der Waals surface area contributed by atoms with Gasteiger partial charge in [-0.3, -0.25) is 9.59 Å². The summed E-state index contributed by atoms with van der Waals surface area (Å²) in [4.78, 5) is 39.6. The molecule has 0 saturated carbocycles. The summed E-state index contributed by atoms with van der Waals surface area (Å²) in [5, 5.41) is 9.50. The van der Waals surface area contributed by atoms with Crippen molar-refractivity contribution >= 4 is 17.8 Å². The van der Waals surface area contributed by atoms with Gasteiger partial charge in [0.1, 0.15) is 0 Å². The van der Waals surface area contributed by atoms with Crippen LogP contribution in [0.15, 0.2) is 48.5 Å². The number of hydrogen-bond donors (Lipinski definition) is 0. The van der Waals surface area contributed by atoms with E-state index in [4.69, 9.17) is 10.1 Å². The molecule has 2 aromatic rings. The molecular formula is C19H14N2O4. The first-order valence-corrected chi connectivity index (χ1v) is 7.73. The third-order valence-electron chi connectivity index (χ3n) is 3.83. The lowest BCUT2D eigenvalue weighted by molar-refractivity contribution is -0.197. The predicted octanol–water partition coefficient (Wildman–Crippen LogP) is 2.37. The van der Waals surface area contributed by atoms with E-state index in [1.54, 1.807) is 24.3 Å². The highest BCUT2D eigenvalue weighted by Gasteiger charge is 2.32. The van der Waals surface area contributed by atoms with Crippen LogP contribution < -0.4 is 0 Å². The minimum Gasteiger partial charge on any atom is -0.330 e. The zero-order valence-corrected chi connectivity index (χ0v) is 13.3. The molecule has 1 aliphatic rings. The molecule has 124 valence electrons. The number of hydrogen-bond acceptors (Lipinski definition) is 5. The molecule has 25 heavy (non-hydrogen) atoms. The molecule has 0 aromatic heterocycles. The Balaban J connectivity index is 1.66. The first kappa shape index (κ1) is 16.4. The molecule has 0 aliphatic carbocycles. The lowest BCUT2D eigenvalue weighted by Gasteiger charge is -2.12. The maximum absolute atomic E-state index is 11.9. The number of imide groups is 1. The number of amides is 2. The first-order chi connectivity index (χ1) is 12.1. The van der Waals surface area contributed by atoms with Crippen molar-refractivity contribution in [1.82, 2.24) is 5.06 Å². The van der Waals surface area contributed by atoms with Gasteiger partial charge in [-0.15, -0.1) is 5.06 Å². The molecule has 6 nitrogen and oxygen atoms in total. The number of nitrogens with zero attached hydrogens (tertiary/aromatic N) is 2. The first-order valence-electron chi connectivity index (χ1n) is 7.73. The minimum absolute atomic E-state index is 0.0461. The SMILES string of the molecule is N#Cc1cccc(-c2ccc(CC(=O)ON3C(=O)CCC3=O)cc2)c1. The molecular weight excluding hydrogens is 320 g/mol. The number of rotatable bonds is 4. The van der Waals surface area contributed by atoms with Gasteiger partial charge in [0, 0.05) is 12.8 Å². The van der Waals surface area contributed by atoms with E-state index in [0.29, 0.717) is 16.2 Å². The van der Waals surface area contributed by atoms with E-state index in [1.165, 1.54) is 0 Å². The largest absolute Gasteiger partial charge is 0.337 e. The second-order valence-corrected chi connectivity index (χ2v) is 5.61. The van der Waals surface area contributed by atoms with Crippen molar-refractivity contribution in [1.29, 1.82) is 5.26 Å². The van der Waals surface area contributed by atoms with Crippen molar-refractivity contribution in [3.8, 4) is 17.2 Å². The van der Waals surface area contributed by atoms with Crippen molar-refractivity contribution in [2.45, 2.75) is 19.3 Å². The fourth-order valence-corrected chi connectivity index (χ4v) is 2.54. The molecule has 3 rings (SSSR count). The molecule has 0 bridgehead atoms. The standard InChI is InChI=1S/C19H14N2O4/c20-12-14-2-1-3-16(10-14)15-6-4-13(5-7-15)11-19(24)25-21-17(22)8-9-18(21)23/h1-7,10H,8-9,11H2. The third kappa shape index (κ3) is 3.72. The Morgan fingerprint density at radius 3 is 2.36 bits per heavy atom. The average molecular weight is 334 g/mol. The van der Waals surface area contributed by atoms with Gasteiger partial charge in [0.05, 0.1) is 18.1 Å². The molecule has 0 N–H and O–H groups in total. The predicted molar refractivity (Wildman–Crippen MR) is 87.5 cm³/mol. The maximum atomic E-state index is 11.9. The second-order valence-electron chi connectivity index (χ2n) is 5.61. The van der Waals surface area contributed by atoms with Gasteiger partial charge in [-0.25, -0.2) is 4.79 Å². The molecule has 0 unspecified atom stereocenters. The van der Waals surface area contributed by atoms with Crippen LogP contribution >= 0.6 is 0 Å². The quantitative estimate of drug-likeness (QED) is 0.801. The van der Waals surface area contributed by atoms with Crippen molar-refractivity contribution in [3.63, 3.8) is 0 Å². The highest BCUT2D eigenvalue weighted by atomic mass is 16.7. The summed E-state index contributed by atoms with van der Waals surface area (Å²) in [6, 6.07) is 16.5. The van der Waals surface area contributed by atoms with Gasteiger partial charge in [0.2, 0.25) is 0 Å². The normalized spacial score (nSPS) is 13.6. The molecule has 0 spiro atoms. The van der Waals surface area contributed by atoms with E-state index in [9.17, 15) is 14.4 Å². The number of hydroxylamine groups is 2. The van der Waals surface area contributed by atoms with Crippen molar-refractivity contribution in [3.05, 3.63) is 59.7 Å². The summed E-state index contributed by atoms with van der Waals surface area (Å²) in [6.07, 6.45) is 0.0979. The Bertz CT molecular complexity index is 865. The van der Waals surface area contributed by atoms with Crippen molar-refractivity contribution < 1.29 is 19.2 Å². The topological polar surface area (TPSA) is 87.5 Å². The van der Waals surface area contributed by atoms with Crippen LogP contribution in [0.3, 0.4) is 0 Å². The van der Waals surface area contributed by atoms with Crippen LogP contribution in [0.25, 0.3) is 11.1 Å². The lowest BCUT2D eigenvalue weighted by Crippen LogP contribution is -2.32. The smallest absolute Gasteiger partial charge is 0.330 e. The average Bonchev–Trinajstić information content (AvgIpc) is 2.94. The zero-order valence-electron chi connectivity index (χ0n) is 13.3. The van der Waals surface area contributed by atoms with Gasteiger partial charge < -0.3 is 4.84 Å². The molecule has 0 radical (unpaired) electrons. The second kappa shape index (κ2) is 6.97. The van der Waals surface area contributed by atoms with Gasteiger partial charge in [-0.05, 0) is 28.8 Å². The Kier molecular flexibility index (Phi) is 4.57. The van der Waals surface area contributed by atoms with Crippen LogP contribution in [-0.4, -0.2) is 22.8 Å². The van der Waals surface area contributed by atoms with E-state index in [2.05, 4.69) is 6.07 Å². The third-order valence-corrected chi connectivity index (χ3v) is 3.83. The molecule has 6 heteroatoms. The Labute approximate surface area is 144 Å². The van der Waals surface area contributed by atoms with Crippen molar-refractivity contribution in [2.75, 3.05) is 0 Å². The molecule has 2 aromatic carbocycles. The molecule has 1 heterocycles. The molecule has 1 saturated heterocycles. The van der Waals surface area contributed by atoms with E-state index < -0.39 is 17.8 Å². The highest BCUT2D eigenvalue weighted by Crippen LogP contribution is 2.21. The molecule has 1 aliphatic heterocycles. The summed E-state index contributed by atoms with van der Waals surface area (Å²) in [7, 11) is 0. The monoisotopic (exact) mass is 334 g/mol. The molecule has 0 atom stereocenters. The van der Waals surface area contributed by atoms with Gasteiger partial charge in [-0.2, -0.15) is 5.26 Å². The van der Waals surface area contributed by atoms with Crippen LogP contribution in [0, 0.1) is 11.3 Å².